The van der Waals surface area contributed by atoms with Gasteiger partial charge in [-0.2, -0.15) is 0 Å². The molecule has 0 aliphatic heterocycles. The molecule has 0 unspecified atom stereocenters. The Morgan fingerprint density at radius 1 is 0.353 bits per heavy atom. The van der Waals surface area contributed by atoms with Crippen LogP contribution in [0.15, 0.2) is 12.1 Å². The third-order valence-corrected chi connectivity index (χ3v) is 7.52. The molecule has 0 aromatic heterocycles. The smallest absolute Gasteiger partial charge is 0.0146 e. The molecule has 0 saturated heterocycles. The van der Waals surface area contributed by atoms with E-state index in [1.807, 2.05) is 0 Å². The average Bonchev–Trinajstić information content (AvgIpc) is 2.86. The quantitative estimate of drug-likeness (QED) is 0.119. The molecule has 34 heavy (non-hydrogen) atoms. The van der Waals surface area contributed by atoms with Gasteiger partial charge in [0.1, 0.15) is 0 Å². The summed E-state index contributed by atoms with van der Waals surface area (Å²) in [6.07, 6.45) is 36.6. The minimum atomic E-state index is 1.21. The summed E-state index contributed by atoms with van der Waals surface area (Å²) in [6, 6.07) is 11.2. The zero-order chi connectivity index (χ0) is 24.4. The van der Waals surface area contributed by atoms with Crippen molar-refractivity contribution in [2.24, 2.45) is 0 Å². The van der Waals surface area contributed by atoms with Crippen molar-refractivity contribution in [2.45, 2.75) is 181 Å². The van der Waals surface area contributed by atoms with E-state index in [1.165, 1.54) is 178 Å². The van der Waals surface area contributed by atoms with Gasteiger partial charge >= 0.3 is 0 Å². The van der Waals surface area contributed by atoms with Gasteiger partial charge in [-0.3, -0.25) is 0 Å². The second-order valence-corrected chi connectivity index (χ2v) is 10.9. The molecule has 0 saturated carbocycles. The predicted molar refractivity (Wildman–Crippen MR) is 154 cm³/mol. The lowest BCUT2D eigenvalue weighted by Crippen LogP contribution is -1.96. The number of hydrogen-bond acceptors (Lipinski definition) is 0. The van der Waals surface area contributed by atoms with Crippen LogP contribution in [-0.2, 0) is 12.8 Å². The Labute approximate surface area is 216 Å². The number of hydrogen-bond donors (Lipinski definition) is 0. The molecule has 1 aromatic carbocycles. The Balaban J connectivity index is 1.96. The highest BCUT2D eigenvalue weighted by Crippen LogP contribution is 2.18. The Kier molecular flexibility index (Phi) is 23.3. The fourth-order valence-corrected chi connectivity index (χ4v) is 5.19. The van der Waals surface area contributed by atoms with Crippen molar-refractivity contribution in [1.82, 2.24) is 0 Å². The number of unbranched alkanes of at least 4 members (excludes halogenated alkanes) is 22. The minimum Gasteiger partial charge on any atom is -0.0654 e. The summed E-state index contributed by atoms with van der Waals surface area (Å²) in [7, 11) is 0. The summed E-state index contributed by atoms with van der Waals surface area (Å²) in [5.41, 5.74) is 2.91. The lowest BCUT2D eigenvalue weighted by molar-refractivity contribution is 0.542. The van der Waals surface area contributed by atoms with Crippen LogP contribution >= 0.6 is 0 Å². The molecule has 0 atom stereocenters. The highest BCUT2D eigenvalue weighted by Gasteiger charge is 2.03. The van der Waals surface area contributed by atoms with Gasteiger partial charge in [0.15, 0.2) is 0 Å². The maximum atomic E-state index is 3.54. The first-order chi connectivity index (χ1) is 16.9. The molecule has 0 aliphatic rings. The van der Waals surface area contributed by atoms with E-state index in [-0.39, 0.29) is 0 Å². The summed E-state index contributed by atoms with van der Waals surface area (Å²) in [4.78, 5) is 0. The summed E-state index contributed by atoms with van der Waals surface area (Å²) >= 11 is 0. The van der Waals surface area contributed by atoms with E-state index in [0.717, 1.165) is 0 Å². The van der Waals surface area contributed by atoms with Gasteiger partial charge < -0.3 is 0 Å². The summed E-state index contributed by atoms with van der Waals surface area (Å²) in [6.45, 7) is 4.60. The summed E-state index contributed by atoms with van der Waals surface area (Å²) in [5, 5.41) is 0. The van der Waals surface area contributed by atoms with E-state index in [2.05, 4.69) is 38.1 Å². The number of rotatable bonds is 26. The Bertz CT molecular complexity index is 470. The summed E-state index contributed by atoms with van der Waals surface area (Å²) < 4.78 is 0. The number of aryl methyl sites for hydroxylation is 2. The molecule has 0 heterocycles. The van der Waals surface area contributed by atoms with E-state index in [4.69, 9.17) is 0 Å². The van der Waals surface area contributed by atoms with Crippen LogP contribution in [-0.4, -0.2) is 0 Å². The first-order valence-electron chi connectivity index (χ1n) is 15.8. The standard InChI is InChI=1S/C34H60/c1-3-5-7-9-11-13-15-17-19-21-23-25-29-33-31-27-28-32-34(33)30-26-24-22-20-18-16-14-12-10-8-6-4-2/h27-28H,3-26,29-30H2,1-2H3. The van der Waals surface area contributed by atoms with Crippen LogP contribution in [0.3, 0.4) is 0 Å². The van der Waals surface area contributed by atoms with Crippen molar-refractivity contribution in [3.8, 4) is 0 Å². The van der Waals surface area contributed by atoms with Crippen molar-refractivity contribution in [3.05, 3.63) is 35.4 Å². The predicted octanol–water partition coefficient (Wildman–Crippen LogP) is 11.8. The van der Waals surface area contributed by atoms with E-state index in [1.54, 1.807) is 0 Å². The van der Waals surface area contributed by atoms with Crippen molar-refractivity contribution >= 4 is 0 Å². The molecule has 0 nitrogen and oxygen atoms in total. The van der Waals surface area contributed by atoms with Crippen LogP contribution in [0.25, 0.3) is 0 Å². The lowest BCUT2D eigenvalue weighted by atomic mass is 9.96. The average molecular weight is 469 g/mol. The maximum Gasteiger partial charge on any atom is -0.0146 e. The molecule has 0 bridgehead atoms. The van der Waals surface area contributed by atoms with Gasteiger partial charge in [-0.25, -0.2) is 0 Å². The van der Waals surface area contributed by atoms with Crippen LogP contribution < -0.4 is 0 Å². The molecule has 0 heteroatoms. The zero-order valence-corrected chi connectivity index (χ0v) is 23.5. The largest absolute Gasteiger partial charge is 0.0654 e. The molecular weight excluding hydrogens is 408 g/mol. The molecule has 0 spiro atoms. The van der Waals surface area contributed by atoms with Crippen molar-refractivity contribution in [2.75, 3.05) is 0 Å². The molecule has 0 amide bonds. The maximum absolute atomic E-state index is 3.54. The molecule has 1 rings (SSSR count). The van der Waals surface area contributed by atoms with Gasteiger partial charge in [0.2, 0.25) is 0 Å². The topological polar surface area (TPSA) is 0 Å². The molecule has 0 aliphatic carbocycles. The van der Waals surface area contributed by atoms with Crippen molar-refractivity contribution < 1.29 is 0 Å². The highest BCUT2D eigenvalue weighted by molar-refractivity contribution is 5.25. The normalized spacial score (nSPS) is 11.4. The Morgan fingerprint density at radius 3 is 0.853 bits per heavy atom. The van der Waals surface area contributed by atoms with Crippen molar-refractivity contribution in [1.29, 1.82) is 0 Å². The second kappa shape index (κ2) is 25.3. The molecule has 1 aromatic rings. The molecule has 0 fully saturated rings. The molecule has 0 N–H and O–H groups in total. The zero-order valence-electron chi connectivity index (χ0n) is 23.5. The molecular formula is C34H60. The van der Waals surface area contributed by atoms with Crippen LogP contribution in [0.1, 0.15) is 179 Å². The van der Waals surface area contributed by atoms with Gasteiger partial charge in [0.25, 0.3) is 0 Å². The van der Waals surface area contributed by atoms with E-state index in [0.29, 0.717) is 0 Å². The SMILES string of the molecule is CCCCCCCCCCCCCCc1[c]cc[c]c1CCCCCCCCCCCCCC. The fraction of sp³-hybridized carbons (Fsp3) is 0.824. The van der Waals surface area contributed by atoms with Crippen LogP contribution in [0.5, 0.6) is 0 Å². The minimum absolute atomic E-state index is 1.21. The van der Waals surface area contributed by atoms with E-state index in [9.17, 15) is 0 Å². The molecule has 196 valence electrons. The van der Waals surface area contributed by atoms with Gasteiger partial charge in [0, 0.05) is 0 Å². The van der Waals surface area contributed by atoms with Crippen molar-refractivity contribution in [3.63, 3.8) is 0 Å². The first kappa shape index (κ1) is 31.3. The molecule has 2 radical (unpaired) electrons. The summed E-state index contributed by atoms with van der Waals surface area (Å²) in [5.74, 6) is 0. The highest BCUT2D eigenvalue weighted by atomic mass is 14.1. The second-order valence-electron chi connectivity index (χ2n) is 10.9. The van der Waals surface area contributed by atoms with Crippen LogP contribution in [0.4, 0.5) is 0 Å². The Hall–Kier alpha value is -0.780. The Morgan fingerprint density at radius 2 is 0.588 bits per heavy atom. The first-order valence-corrected chi connectivity index (χ1v) is 15.8. The lowest BCUT2D eigenvalue weighted by Gasteiger charge is -2.09. The van der Waals surface area contributed by atoms with Gasteiger partial charge in [-0.1, -0.05) is 167 Å². The number of benzene rings is 1. The van der Waals surface area contributed by atoms with E-state index < -0.39 is 0 Å². The fourth-order valence-electron chi connectivity index (χ4n) is 5.19. The van der Waals surface area contributed by atoms with Gasteiger partial charge in [-0.15, -0.1) is 0 Å². The van der Waals surface area contributed by atoms with Gasteiger partial charge in [0.05, 0.1) is 0 Å². The van der Waals surface area contributed by atoms with E-state index >= 15 is 0 Å². The van der Waals surface area contributed by atoms with Gasteiger partial charge in [-0.05, 0) is 48.9 Å². The van der Waals surface area contributed by atoms with Crippen LogP contribution in [0.2, 0.25) is 0 Å². The van der Waals surface area contributed by atoms with Crippen LogP contribution in [0, 0.1) is 12.1 Å². The third kappa shape index (κ3) is 19.5. The third-order valence-electron chi connectivity index (χ3n) is 7.52. The monoisotopic (exact) mass is 468 g/mol.